The zero-order chi connectivity index (χ0) is 20.2. The van der Waals surface area contributed by atoms with E-state index in [1.807, 2.05) is 60.5 Å². The van der Waals surface area contributed by atoms with E-state index in [1.54, 1.807) is 12.1 Å². The van der Waals surface area contributed by atoms with Crippen LogP contribution in [0.2, 0.25) is 5.02 Å². The molecule has 1 fully saturated rings. The fraction of sp³-hybridized carbons (Fsp3) is 0.217. The Bertz CT molecular complexity index is 1090. The Hall–Kier alpha value is -2.89. The molecule has 2 aliphatic rings. The van der Waals surface area contributed by atoms with Gasteiger partial charge in [-0.25, -0.2) is 0 Å². The van der Waals surface area contributed by atoms with E-state index in [0.717, 1.165) is 16.8 Å². The van der Waals surface area contributed by atoms with Gasteiger partial charge in [-0.05, 0) is 42.9 Å². The standard InChI is InChI=1S/C23H19ClN2O3/c1-26-13-16(14-8-10-15(24)11-9-14)20(21(27)19-7-4-12-29-19)23(26)17-5-2-3-6-18(17)25-22(23)28/h2-12,16,20H,13H2,1H3,(H,25,28)/t16-,20+,23+/m1/s1. The van der Waals surface area contributed by atoms with Crippen molar-refractivity contribution in [1.29, 1.82) is 0 Å². The van der Waals surface area contributed by atoms with Crippen molar-refractivity contribution in [3.63, 3.8) is 0 Å². The molecule has 0 aliphatic carbocycles. The number of hydrogen-bond acceptors (Lipinski definition) is 4. The number of ketones is 1. The number of rotatable bonds is 3. The SMILES string of the molecule is CN1C[C@H](c2ccc(Cl)cc2)[C@@H](C(=O)c2ccco2)[C@@]12C(=O)Nc1ccccc12. The molecule has 1 N–H and O–H groups in total. The minimum Gasteiger partial charge on any atom is -0.461 e. The summed E-state index contributed by atoms with van der Waals surface area (Å²) >= 11 is 6.08. The van der Waals surface area contributed by atoms with Gasteiger partial charge in [0.15, 0.2) is 5.76 Å². The predicted molar refractivity (Wildman–Crippen MR) is 110 cm³/mol. The van der Waals surface area contributed by atoms with Gasteiger partial charge in [0, 0.05) is 28.7 Å². The zero-order valence-electron chi connectivity index (χ0n) is 15.8. The lowest BCUT2D eigenvalue weighted by atomic mass is 9.71. The molecule has 0 radical (unpaired) electrons. The molecule has 6 heteroatoms. The van der Waals surface area contributed by atoms with Crippen LogP contribution in [0.1, 0.15) is 27.6 Å². The van der Waals surface area contributed by atoms with Gasteiger partial charge in [0.25, 0.3) is 0 Å². The number of carbonyl (C=O) groups excluding carboxylic acids is 2. The zero-order valence-corrected chi connectivity index (χ0v) is 16.5. The van der Waals surface area contributed by atoms with E-state index >= 15 is 0 Å². The van der Waals surface area contributed by atoms with E-state index in [-0.39, 0.29) is 23.4 Å². The van der Waals surface area contributed by atoms with E-state index in [0.29, 0.717) is 11.6 Å². The van der Waals surface area contributed by atoms with Crippen LogP contribution in [-0.2, 0) is 10.3 Å². The van der Waals surface area contributed by atoms with Gasteiger partial charge >= 0.3 is 0 Å². The van der Waals surface area contributed by atoms with Gasteiger partial charge in [-0.15, -0.1) is 0 Å². The molecule has 146 valence electrons. The monoisotopic (exact) mass is 406 g/mol. The smallest absolute Gasteiger partial charge is 0.250 e. The summed E-state index contributed by atoms with van der Waals surface area (Å²) < 4.78 is 5.45. The van der Waals surface area contributed by atoms with Gasteiger partial charge in [-0.3, -0.25) is 14.5 Å². The minimum atomic E-state index is -1.09. The molecule has 2 aliphatic heterocycles. The van der Waals surface area contributed by atoms with Crippen molar-refractivity contribution in [2.24, 2.45) is 5.92 Å². The number of likely N-dealkylation sites (tertiary alicyclic amines) is 1. The van der Waals surface area contributed by atoms with Crippen molar-refractivity contribution in [3.05, 3.63) is 88.8 Å². The van der Waals surface area contributed by atoms with Crippen LogP contribution in [0.4, 0.5) is 5.69 Å². The Labute approximate surface area is 173 Å². The van der Waals surface area contributed by atoms with Crippen LogP contribution < -0.4 is 5.32 Å². The van der Waals surface area contributed by atoms with Crippen LogP contribution in [0.3, 0.4) is 0 Å². The third kappa shape index (κ3) is 2.51. The van der Waals surface area contributed by atoms with Crippen molar-refractivity contribution in [3.8, 4) is 0 Å². The number of carbonyl (C=O) groups is 2. The highest BCUT2D eigenvalue weighted by Crippen LogP contribution is 2.55. The number of para-hydroxylation sites is 1. The van der Waals surface area contributed by atoms with Crippen LogP contribution >= 0.6 is 11.6 Å². The number of Topliss-reactive ketones (excluding diaryl/α,β-unsaturated/α-hetero) is 1. The molecule has 1 saturated heterocycles. The maximum absolute atomic E-state index is 13.7. The number of furan rings is 1. The number of fused-ring (bicyclic) bond motifs is 2. The molecule has 29 heavy (non-hydrogen) atoms. The average molecular weight is 407 g/mol. The summed E-state index contributed by atoms with van der Waals surface area (Å²) in [4.78, 5) is 29.1. The molecule has 1 aromatic heterocycles. The van der Waals surface area contributed by atoms with Gasteiger partial charge < -0.3 is 9.73 Å². The molecule has 5 nitrogen and oxygen atoms in total. The van der Waals surface area contributed by atoms with E-state index in [1.165, 1.54) is 6.26 Å². The summed E-state index contributed by atoms with van der Waals surface area (Å²) in [6, 6.07) is 18.4. The van der Waals surface area contributed by atoms with Crippen molar-refractivity contribution in [2.45, 2.75) is 11.5 Å². The number of benzene rings is 2. The molecule has 3 aromatic rings. The summed E-state index contributed by atoms with van der Waals surface area (Å²) in [6.45, 7) is 0.556. The first-order valence-electron chi connectivity index (χ1n) is 9.49. The Morgan fingerprint density at radius 1 is 1.14 bits per heavy atom. The van der Waals surface area contributed by atoms with Crippen molar-refractivity contribution < 1.29 is 14.0 Å². The fourth-order valence-corrected chi connectivity index (χ4v) is 5.10. The number of halogens is 1. The highest BCUT2D eigenvalue weighted by Gasteiger charge is 2.64. The molecule has 0 unspecified atom stereocenters. The van der Waals surface area contributed by atoms with Crippen molar-refractivity contribution in [2.75, 3.05) is 18.9 Å². The maximum atomic E-state index is 13.7. The molecule has 0 saturated carbocycles. The van der Waals surface area contributed by atoms with Crippen LogP contribution in [-0.4, -0.2) is 30.2 Å². The number of amides is 1. The molecular formula is C23H19ClN2O3. The first kappa shape index (κ1) is 18.2. The second-order valence-electron chi connectivity index (χ2n) is 7.62. The molecule has 1 amide bonds. The lowest BCUT2D eigenvalue weighted by Gasteiger charge is -2.35. The number of nitrogens with one attached hydrogen (secondary N) is 1. The first-order chi connectivity index (χ1) is 14.0. The maximum Gasteiger partial charge on any atom is 0.250 e. The van der Waals surface area contributed by atoms with Gasteiger partial charge in [-0.1, -0.05) is 41.9 Å². The fourth-order valence-electron chi connectivity index (χ4n) is 4.98. The van der Waals surface area contributed by atoms with E-state index < -0.39 is 11.5 Å². The van der Waals surface area contributed by atoms with Crippen LogP contribution in [0.25, 0.3) is 0 Å². The van der Waals surface area contributed by atoms with Crippen LogP contribution in [0, 0.1) is 5.92 Å². The molecule has 2 aromatic carbocycles. The quantitative estimate of drug-likeness (QED) is 0.658. The number of nitrogens with zero attached hydrogens (tertiary/aromatic N) is 1. The summed E-state index contributed by atoms with van der Waals surface area (Å²) in [5, 5.41) is 3.62. The van der Waals surface area contributed by atoms with Crippen molar-refractivity contribution >= 4 is 29.0 Å². The Morgan fingerprint density at radius 2 is 1.90 bits per heavy atom. The van der Waals surface area contributed by atoms with E-state index in [9.17, 15) is 9.59 Å². The lowest BCUT2D eigenvalue weighted by Crippen LogP contribution is -2.51. The molecule has 3 heterocycles. The summed E-state index contributed by atoms with van der Waals surface area (Å²) in [5.74, 6) is -0.912. The van der Waals surface area contributed by atoms with Gasteiger partial charge in [0.2, 0.25) is 11.7 Å². The molecule has 1 spiro atoms. The molecule has 5 rings (SSSR count). The first-order valence-corrected chi connectivity index (χ1v) is 9.86. The number of anilines is 1. The largest absolute Gasteiger partial charge is 0.461 e. The number of likely N-dealkylation sites (N-methyl/N-ethyl adjacent to an activating group) is 1. The third-order valence-electron chi connectivity index (χ3n) is 6.20. The topological polar surface area (TPSA) is 62.6 Å². The number of hydrogen-bond donors (Lipinski definition) is 1. The van der Waals surface area contributed by atoms with E-state index in [2.05, 4.69) is 5.32 Å². The second-order valence-corrected chi connectivity index (χ2v) is 8.06. The highest BCUT2D eigenvalue weighted by atomic mass is 35.5. The predicted octanol–water partition coefficient (Wildman–Crippen LogP) is 4.31. The Kier molecular flexibility index (Phi) is 4.12. The van der Waals surface area contributed by atoms with Gasteiger partial charge in [-0.2, -0.15) is 0 Å². The molecular weight excluding hydrogens is 388 g/mol. The summed E-state index contributed by atoms with van der Waals surface area (Å²) in [6.07, 6.45) is 1.48. The Balaban J connectivity index is 1.73. The highest BCUT2D eigenvalue weighted by molar-refractivity contribution is 6.30. The van der Waals surface area contributed by atoms with E-state index in [4.69, 9.17) is 16.0 Å². The lowest BCUT2D eigenvalue weighted by molar-refractivity contribution is -0.126. The van der Waals surface area contributed by atoms with Gasteiger partial charge in [0.05, 0.1) is 12.2 Å². The summed E-state index contributed by atoms with van der Waals surface area (Å²) in [7, 11) is 1.90. The van der Waals surface area contributed by atoms with Gasteiger partial charge in [0.1, 0.15) is 5.54 Å². The van der Waals surface area contributed by atoms with Crippen LogP contribution in [0.15, 0.2) is 71.3 Å². The normalized spacial score (nSPS) is 25.9. The van der Waals surface area contributed by atoms with Crippen LogP contribution in [0.5, 0.6) is 0 Å². The average Bonchev–Trinajstić information content (AvgIpc) is 3.42. The second kappa shape index (κ2) is 6.58. The summed E-state index contributed by atoms with van der Waals surface area (Å²) in [5.41, 5.74) is 1.46. The molecule has 3 atom stereocenters. The molecule has 0 bridgehead atoms. The third-order valence-corrected chi connectivity index (χ3v) is 6.45. The van der Waals surface area contributed by atoms with Crippen molar-refractivity contribution in [1.82, 2.24) is 4.90 Å². The minimum absolute atomic E-state index is 0.175. The Morgan fingerprint density at radius 3 is 2.62 bits per heavy atom.